The molecule has 0 spiro atoms. The van der Waals surface area contributed by atoms with E-state index in [0.717, 1.165) is 59.5 Å². The quantitative estimate of drug-likeness (QED) is 0.156. The molecule has 0 unspecified atom stereocenters. The third-order valence-electron chi connectivity index (χ3n) is 7.48. The van der Waals surface area contributed by atoms with E-state index in [9.17, 15) is 0 Å². The number of aromatic nitrogens is 3. The van der Waals surface area contributed by atoms with E-state index in [1.807, 2.05) is 18.2 Å². The molecule has 0 N–H and O–H groups in total. The molecule has 1 fully saturated rings. The van der Waals surface area contributed by atoms with Crippen molar-refractivity contribution in [3.8, 4) is 0 Å². The zero-order valence-electron chi connectivity index (χ0n) is 24.4. The summed E-state index contributed by atoms with van der Waals surface area (Å²) in [4.78, 5) is 22.9. The zero-order chi connectivity index (χ0) is 31.2. The van der Waals surface area contributed by atoms with E-state index < -0.39 is 0 Å². The molecular weight excluding hydrogens is 816 g/mol. The fourth-order valence-electron chi connectivity index (χ4n) is 5.61. The van der Waals surface area contributed by atoms with Crippen LogP contribution in [0.2, 0.25) is 0 Å². The Hall–Kier alpha value is -2.61. The number of anilines is 3. The lowest BCUT2D eigenvalue weighted by molar-refractivity contribution is 0.441. The van der Waals surface area contributed by atoms with Gasteiger partial charge in [-0.25, -0.2) is 15.0 Å². The van der Waals surface area contributed by atoms with Crippen LogP contribution in [0.4, 0.5) is 15.4 Å². The van der Waals surface area contributed by atoms with Gasteiger partial charge in [-0.1, -0.05) is 100 Å². The Morgan fingerprint density at radius 3 is 1.07 bits per heavy atom. The number of nitrogens with zero attached hydrogens (tertiary/aromatic N) is 6. The highest BCUT2D eigenvalue weighted by Crippen LogP contribution is 2.45. The minimum atomic E-state index is -0.190. The lowest BCUT2D eigenvalue weighted by Gasteiger charge is -2.55. The fourth-order valence-corrected chi connectivity index (χ4v) is 10.3. The van der Waals surface area contributed by atoms with E-state index >= 15 is 0 Å². The molecule has 0 saturated carbocycles. The normalized spacial score (nSPS) is 19.6. The minimum absolute atomic E-state index is 0.190. The van der Waals surface area contributed by atoms with Crippen molar-refractivity contribution >= 4 is 128 Å². The summed E-state index contributed by atoms with van der Waals surface area (Å²) in [7, 11) is 0. The molecule has 45 heavy (non-hydrogen) atoms. The summed E-state index contributed by atoms with van der Waals surface area (Å²) in [6.07, 6.45) is 12.6. The van der Waals surface area contributed by atoms with Crippen LogP contribution in [0, 0.1) is 0 Å². The van der Waals surface area contributed by atoms with Crippen LogP contribution in [-0.4, -0.2) is 33.4 Å². The second-order valence-electron chi connectivity index (χ2n) is 10.4. The molecule has 12 heteroatoms. The van der Waals surface area contributed by atoms with Crippen LogP contribution in [0.1, 0.15) is 20.8 Å². The first-order valence-corrected chi connectivity index (χ1v) is 19.1. The Morgan fingerprint density at radius 2 is 0.800 bits per heavy atom. The first-order chi connectivity index (χ1) is 21.9. The summed E-state index contributed by atoms with van der Waals surface area (Å²) in [5.41, 5.74) is 2.92. The van der Waals surface area contributed by atoms with Gasteiger partial charge in [-0.2, -0.15) is 0 Å². The summed E-state index contributed by atoms with van der Waals surface area (Å²) >= 11 is 16.1. The van der Waals surface area contributed by atoms with E-state index in [-0.39, 0.29) is 18.5 Å². The lowest BCUT2D eigenvalue weighted by atomic mass is 10.1. The Kier molecular flexibility index (Phi) is 8.88. The standard InChI is InChI=1S/C33H27Br3N6S3/c1-4-7-28-40(31-37-22-13-10-19(34)16-25(22)43-31)29(8-5-2)42(33-39-24-15-12-21(36)18-27(24)45-33)30(9-6-3)41(28)32-38-23-14-11-20(35)17-26(23)44-32/h4-18,28-30H,1-3H3/b7-4+,8-5+,9-6+. The number of benzene rings is 3. The van der Waals surface area contributed by atoms with Crippen molar-refractivity contribution in [2.45, 2.75) is 39.3 Å². The highest BCUT2D eigenvalue weighted by atomic mass is 79.9. The van der Waals surface area contributed by atoms with Crippen LogP contribution >= 0.6 is 81.8 Å². The van der Waals surface area contributed by atoms with Crippen LogP contribution < -0.4 is 14.7 Å². The van der Waals surface area contributed by atoms with Crippen LogP contribution in [0.15, 0.2) is 104 Å². The SMILES string of the molecule is C/C=C/C1N(c2nc3ccc(Br)cc3s2)C(/C=C/C)N(c2nc3ccc(Br)cc3s2)C(/C=C/C)N1c1nc2ccc(Br)cc2s1. The number of halogens is 3. The lowest BCUT2D eigenvalue weighted by Crippen LogP contribution is -2.70. The van der Waals surface area contributed by atoms with Crippen molar-refractivity contribution in [3.05, 3.63) is 104 Å². The summed E-state index contributed by atoms with van der Waals surface area (Å²) < 4.78 is 6.49. The highest BCUT2D eigenvalue weighted by Gasteiger charge is 2.47. The maximum Gasteiger partial charge on any atom is 0.190 e. The molecule has 3 aromatic heterocycles. The Morgan fingerprint density at radius 1 is 0.511 bits per heavy atom. The van der Waals surface area contributed by atoms with E-state index in [4.69, 9.17) is 15.0 Å². The number of allylic oxidation sites excluding steroid dienone is 3. The van der Waals surface area contributed by atoms with Crippen LogP contribution in [0.3, 0.4) is 0 Å². The first-order valence-electron chi connectivity index (χ1n) is 14.3. The van der Waals surface area contributed by atoms with E-state index in [2.05, 4.69) is 156 Å². The van der Waals surface area contributed by atoms with Gasteiger partial charge >= 0.3 is 0 Å². The van der Waals surface area contributed by atoms with Gasteiger partial charge in [-0.05, 0) is 93.6 Å². The van der Waals surface area contributed by atoms with Crippen LogP contribution in [0.25, 0.3) is 30.6 Å². The maximum absolute atomic E-state index is 5.22. The number of thiazole rings is 3. The van der Waals surface area contributed by atoms with Gasteiger partial charge in [0.15, 0.2) is 15.4 Å². The van der Waals surface area contributed by atoms with Crippen molar-refractivity contribution in [2.24, 2.45) is 0 Å². The third kappa shape index (κ3) is 5.78. The molecule has 6 aromatic rings. The second-order valence-corrected chi connectivity index (χ2v) is 16.1. The molecule has 1 aliphatic heterocycles. The zero-order valence-corrected chi connectivity index (χ0v) is 31.6. The Bertz CT molecular complexity index is 1870. The van der Waals surface area contributed by atoms with Crippen LogP contribution in [-0.2, 0) is 0 Å². The van der Waals surface area contributed by atoms with Crippen molar-refractivity contribution < 1.29 is 0 Å². The van der Waals surface area contributed by atoms with Crippen molar-refractivity contribution in [3.63, 3.8) is 0 Å². The maximum atomic E-state index is 5.22. The number of fused-ring (bicyclic) bond motifs is 3. The molecule has 0 radical (unpaired) electrons. The molecule has 0 amide bonds. The van der Waals surface area contributed by atoms with Gasteiger partial charge in [0.25, 0.3) is 0 Å². The molecule has 0 bridgehead atoms. The van der Waals surface area contributed by atoms with Crippen LogP contribution in [0.5, 0.6) is 0 Å². The molecule has 3 aromatic carbocycles. The third-order valence-corrected chi connectivity index (χ3v) is 12.1. The summed E-state index contributed by atoms with van der Waals surface area (Å²) in [6.45, 7) is 6.23. The number of hydrogen-bond acceptors (Lipinski definition) is 9. The molecule has 1 saturated heterocycles. The van der Waals surface area contributed by atoms with Gasteiger partial charge in [0.05, 0.1) is 30.6 Å². The second kappa shape index (κ2) is 12.9. The highest BCUT2D eigenvalue weighted by molar-refractivity contribution is 9.11. The van der Waals surface area contributed by atoms with Gasteiger partial charge in [0.1, 0.15) is 18.5 Å². The molecule has 6 nitrogen and oxygen atoms in total. The first kappa shape index (κ1) is 31.0. The average Bonchev–Trinajstić information content (AvgIpc) is 3.73. The predicted octanol–water partition coefficient (Wildman–Crippen LogP) is 11.3. The largest absolute Gasteiger partial charge is 0.299 e. The molecule has 228 valence electrons. The molecule has 0 aliphatic carbocycles. The number of hydrogen-bond donors (Lipinski definition) is 0. The molecular formula is C33H27Br3N6S3. The smallest absolute Gasteiger partial charge is 0.190 e. The fraction of sp³-hybridized carbons (Fsp3) is 0.182. The van der Waals surface area contributed by atoms with Crippen molar-refractivity contribution in [2.75, 3.05) is 14.7 Å². The van der Waals surface area contributed by atoms with Gasteiger partial charge in [-0.15, -0.1) is 0 Å². The summed E-state index contributed by atoms with van der Waals surface area (Å²) in [6, 6.07) is 18.8. The monoisotopic (exact) mass is 840 g/mol. The molecule has 1 aliphatic rings. The summed E-state index contributed by atoms with van der Waals surface area (Å²) in [5.74, 6) is 0. The summed E-state index contributed by atoms with van der Waals surface area (Å²) in [5, 5.41) is 2.78. The Labute approximate surface area is 298 Å². The molecule has 7 rings (SSSR count). The van der Waals surface area contributed by atoms with E-state index in [1.165, 1.54) is 0 Å². The van der Waals surface area contributed by atoms with E-state index in [0.29, 0.717) is 0 Å². The van der Waals surface area contributed by atoms with Gasteiger partial charge in [0, 0.05) is 13.4 Å². The minimum Gasteiger partial charge on any atom is -0.299 e. The molecule has 4 heterocycles. The van der Waals surface area contributed by atoms with Gasteiger partial charge in [0.2, 0.25) is 0 Å². The average molecular weight is 844 g/mol. The molecule has 0 atom stereocenters. The van der Waals surface area contributed by atoms with Gasteiger partial charge in [-0.3, -0.25) is 14.7 Å². The predicted molar refractivity (Wildman–Crippen MR) is 205 cm³/mol. The van der Waals surface area contributed by atoms with Crippen molar-refractivity contribution in [1.82, 2.24) is 15.0 Å². The topological polar surface area (TPSA) is 48.4 Å². The van der Waals surface area contributed by atoms with Crippen molar-refractivity contribution in [1.29, 1.82) is 0 Å². The van der Waals surface area contributed by atoms with E-state index in [1.54, 1.807) is 34.0 Å². The Balaban J connectivity index is 1.51. The number of rotatable bonds is 6. The van der Waals surface area contributed by atoms with Gasteiger partial charge < -0.3 is 0 Å².